The van der Waals surface area contributed by atoms with Gasteiger partial charge in [0.1, 0.15) is 0 Å². The molecule has 2 spiro atoms. The second kappa shape index (κ2) is 4.85. The first kappa shape index (κ1) is 18.4. The van der Waals surface area contributed by atoms with E-state index in [-0.39, 0.29) is 17.0 Å². The van der Waals surface area contributed by atoms with E-state index < -0.39 is 0 Å². The molecule has 138 valence electrons. The van der Waals surface area contributed by atoms with Gasteiger partial charge in [0.15, 0.2) is 5.78 Å². The van der Waals surface area contributed by atoms with E-state index in [0.29, 0.717) is 22.0 Å². The van der Waals surface area contributed by atoms with Gasteiger partial charge in [0.2, 0.25) is 0 Å². The minimum atomic E-state index is -0.263. The summed E-state index contributed by atoms with van der Waals surface area (Å²) in [7, 11) is 0. The Balaban J connectivity index is 1.93. The molecular weight excluding hydrogens is 296 g/mol. The summed E-state index contributed by atoms with van der Waals surface area (Å²) >= 11 is 0. The van der Waals surface area contributed by atoms with Gasteiger partial charge in [-0.25, -0.2) is 0 Å². The zero-order chi connectivity index (χ0) is 18.3. The molecule has 2 saturated heterocycles. The third kappa shape index (κ3) is 2.06. The van der Waals surface area contributed by atoms with Crippen LogP contribution in [-0.4, -0.2) is 53.3 Å². The minimum absolute atomic E-state index is 0.0448. The van der Waals surface area contributed by atoms with Gasteiger partial charge in [-0.2, -0.15) is 0 Å². The van der Waals surface area contributed by atoms with Crippen LogP contribution in [0, 0.1) is 21.7 Å². The van der Waals surface area contributed by atoms with Crippen LogP contribution in [0.15, 0.2) is 0 Å². The summed E-state index contributed by atoms with van der Waals surface area (Å²) in [5.74, 6) is 0.429. The number of carbonyl (C=O) groups excluding carboxylic acids is 1. The second-order valence-corrected chi connectivity index (χ2v) is 11.2. The largest absolute Gasteiger partial charge is 0.302 e. The van der Waals surface area contributed by atoms with Crippen LogP contribution in [0.2, 0.25) is 0 Å². The Bertz CT molecular complexity index is 545. The zero-order valence-corrected chi connectivity index (χ0v) is 17.4. The van der Waals surface area contributed by atoms with Crippen molar-refractivity contribution in [3.8, 4) is 0 Å². The number of fused-ring (bicyclic) bond motifs is 1. The summed E-state index contributed by atoms with van der Waals surface area (Å²) in [4.78, 5) is 18.3. The number of rotatable bonds is 2. The third-order valence-electron chi connectivity index (χ3n) is 7.94. The zero-order valence-electron chi connectivity index (χ0n) is 17.4. The van der Waals surface area contributed by atoms with E-state index >= 15 is 0 Å². The van der Waals surface area contributed by atoms with Gasteiger partial charge in [-0.1, -0.05) is 41.5 Å². The molecule has 0 aromatic rings. The lowest BCUT2D eigenvalue weighted by atomic mass is 9.80. The van der Waals surface area contributed by atoms with Crippen molar-refractivity contribution in [3.05, 3.63) is 0 Å². The molecule has 3 rings (SSSR count). The van der Waals surface area contributed by atoms with Crippen molar-refractivity contribution in [3.63, 3.8) is 0 Å². The van der Waals surface area contributed by atoms with Gasteiger partial charge in [-0.3, -0.25) is 9.69 Å². The summed E-state index contributed by atoms with van der Waals surface area (Å²) in [6.07, 6.45) is 1.06. The van der Waals surface area contributed by atoms with Gasteiger partial charge in [0.25, 0.3) is 0 Å². The predicted octanol–water partition coefficient (Wildman–Crippen LogP) is 3.82. The average molecular weight is 335 g/mol. The summed E-state index contributed by atoms with van der Waals surface area (Å²) in [6, 6.07) is 0.0827. The van der Waals surface area contributed by atoms with Crippen molar-refractivity contribution in [1.29, 1.82) is 0 Å². The van der Waals surface area contributed by atoms with Crippen LogP contribution in [0.4, 0.5) is 0 Å². The molecule has 0 unspecified atom stereocenters. The molecular formula is C21H38N2O. The SMILES string of the molecule is CCN1CC2(C1)C(C)(C)[C@@]21C[C@@H](C(=O)C(C)(C)C)N(C(C)(C)C)C1. The van der Waals surface area contributed by atoms with Gasteiger partial charge in [0, 0.05) is 36.0 Å². The van der Waals surface area contributed by atoms with E-state index in [2.05, 4.69) is 72.1 Å². The lowest BCUT2D eigenvalue weighted by Crippen LogP contribution is -2.52. The monoisotopic (exact) mass is 334 g/mol. The van der Waals surface area contributed by atoms with Crippen molar-refractivity contribution >= 4 is 5.78 Å². The number of hydrogen-bond acceptors (Lipinski definition) is 3. The first-order valence-electron chi connectivity index (χ1n) is 9.77. The maximum atomic E-state index is 13.2. The molecule has 2 heterocycles. The Morgan fingerprint density at radius 3 is 1.96 bits per heavy atom. The van der Waals surface area contributed by atoms with Crippen LogP contribution in [-0.2, 0) is 4.79 Å². The molecule has 1 aliphatic carbocycles. The maximum absolute atomic E-state index is 13.2. The Hall–Kier alpha value is -0.410. The van der Waals surface area contributed by atoms with E-state index in [0.717, 1.165) is 19.5 Å². The standard InChI is InChI=1S/C21H38N2O/c1-10-22-12-21(13-22)19(8,9)20(21)11-15(16(24)17(2,3)4)23(14-20)18(5,6)7/h15H,10-14H2,1-9H3/t15-,20-/m0/s1. The van der Waals surface area contributed by atoms with Gasteiger partial charge >= 0.3 is 0 Å². The smallest absolute Gasteiger partial charge is 0.155 e. The van der Waals surface area contributed by atoms with Gasteiger partial charge in [-0.15, -0.1) is 0 Å². The maximum Gasteiger partial charge on any atom is 0.155 e. The normalized spacial score (nSPS) is 35.5. The molecule has 2 atom stereocenters. The fourth-order valence-electron chi connectivity index (χ4n) is 6.04. The van der Waals surface area contributed by atoms with Crippen molar-refractivity contribution < 1.29 is 4.79 Å². The molecule has 0 aromatic carbocycles. The topological polar surface area (TPSA) is 23.6 Å². The van der Waals surface area contributed by atoms with Gasteiger partial charge in [-0.05, 0) is 44.6 Å². The highest BCUT2D eigenvalue weighted by Gasteiger charge is 2.86. The van der Waals surface area contributed by atoms with Crippen LogP contribution >= 0.6 is 0 Å². The number of ketones is 1. The average Bonchev–Trinajstić information content (AvgIpc) is 2.70. The Morgan fingerprint density at radius 2 is 1.54 bits per heavy atom. The summed E-state index contributed by atoms with van der Waals surface area (Å²) in [6.45, 7) is 24.9. The van der Waals surface area contributed by atoms with E-state index in [9.17, 15) is 4.79 Å². The van der Waals surface area contributed by atoms with Crippen LogP contribution in [0.1, 0.15) is 68.7 Å². The van der Waals surface area contributed by atoms with Crippen molar-refractivity contribution in [2.45, 2.75) is 80.3 Å². The summed E-state index contributed by atoms with van der Waals surface area (Å²) < 4.78 is 0. The first-order chi connectivity index (χ1) is 10.7. The van der Waals surface area contributed by atoms with Crippen LogP contribution in [0.3, 0.4) is 0 Å². The highest BCUT2D eigenvalue weighted by Crippen LogP contribution is 2.84. The van der Waals surface area contributed by atoms with Gasteiger partial charge < -0.3 is 4.90 Å². The molecule has 24 heavy (non-hydrogen) atoms. The van der Waals surface area contributed by atoms with Crippen LogP contribution < -0.4 is 0 Å². The predicted molar refractivity (Wildman–Crippen MR) is 100 cm³/mol. The number of hydrogen-bond donors (Lipinski definition) is 0. The Labute approximate surface area is 149 Å². The first-order valence-corrected chi connectivity index (χ1v) is 9.77. The van der Waals surface area contributed by atoms with Gasteiger partial charge in [0.05, 0.1) is 6.04 Å². The number of Topliss-reactive ketones (excluding diaryl/α,β-unsaturated/α-hetero) is 1. The van der Waals surface area contributed by atoms with Crippen molar-refractivity contribution in [1.82, 2.24) is 9.80 Å². The van der Waals surface area contributed by atoms with E-state index in [4.69, 9.17) is 0 Å². The molecule has 3 aliphatic rings. The van der Waals surface area contributed by atoms with E-state index in [1.54, 1.807) is 0 Å². The Morgan fingerprint density at radius 1 is 1.00 bits per heavy atom. The highest BCUT2D eigenvalue weighted by molar-refractivity contribution is 5.89. The summed E-state index contributed by atoms with van der Waals surface area (Å²) in [5.41, 5.74) is 0.892. The highest BCUT2D eigenvalue weighted by atomic mass is 16.1. The molecule has 0 bridgehead atoms. The fourth-order valence-corrected chi connectivity index (χ4v) is 6.04. The van der Waals surface area contributed by atoms with E-state index in [1.807, 2.05) is 0 Å². The lowest BCUT2D eigenvalue weighted by Gasteiger charge is -2.43. The molecule has 0 amide bonds. The molecule has 1 saturated carbocycles. The molecule has 3 nitrogen and oxygen atoms in total. The second-order valence-electron chi connectivity index (χ2n) is 11.2. The molecule has 3 fully saturated rings. The van der Waals surface area contributed by atoms with Crippen molar-refractivity contribution in [2.75, 3.05) is 26.2 Å². The molecule has 0 aromatic heterocycles. The fraction of sp³-hybridized carbons (Fsp3) is 0.952. The van der Waals surface area contributed by atoms with Crippen molar-refractivity contribution in [2.24, 2.45) is 21.7 Å². The van der Waals surface area contributed by atoms with Crippen LogP contribution in [0.5, 0.6) is 0 Å². The van der Waals surface area contributed by atoms with Crippen LogP contribution in [0.25, 0.3) is 0 Å². The van der Waals surface area contributed by atoms with E-state index in [1.165, 1.54) is 13.1 Å². The quantitative estimate of drug-likeness (QED) is 0.767. The number of carbonyl (C=O) groups is 1. The molecule has 0 radical (unpaired) electrons. The minimum Gasteiger partial charge on any atom is -0.302 e. The Kier molecular flexibility index (Phi) is 3.72. The molecule has 3 heteroatoms. The lowest BCUT2D eigenvalue weighted by molar-refractivity contribution is -0.132. The summed E-state index contributed by atoms with van der Waals surface area (Å²) in [5, 5.41) is 0. The number of likely N-dealkylation sites (tertiary alicyclic amines) is 2. The molecule has 2 aliphatic heterocycles. The molecule has 0 N–H and O–H groups in total. The third-order valence-corrected chi connectivity index (χ3v) is 7.94. The number of nitrogens with zero attached hydrogens (tertiary/aromatic N) is 2.